The van der Waals surface area contributed by atoms with Crippen LogP contribution in [0.2, 0.25) is 0 Å². The molecule has 1 rings (SSSR count). The Morgan fingerprint density at radius 2 is 2.31 bits per heavy atom. The fourth-order valence-electron chi connectivity index (χ4n) is 1.14. The zero-order valence-electron chi connectivity index (χ0n) is 9.29. The average molecular weight is 226 g/mol. The van der Waals surface area contributed by atoms with E-state index in [9.17, 15) is 9.18 Å². The van der Waals surface area contributed by atoms with E-state index >= 15 is 0 Å². The van der Waals surface area contributed by atoms with Crippen molar-refractivity contribution in [3.63, 3.8) is 0 Å². The summed E-state index contributed by atoms with van der Waals surface area (Å²) in [6.07, 6.45) is 0. The van der Waals surface area contributed by atoms with Gasteiger partial charge in [0.15, 0.2) is 0 Å². The maximum Gasteiger partial charge on any atom is 0.236 e. The van der Waals surface area contributed by atoms with Gasteiger partial charge in [-0.25, -0.2) is 4.39 Å². The van der Waals surface area contributed by atoms with Crippen molar-refractivity contribution in [2.24, 2.45) is 5.73 Å². The van der Waals surface area contributed by atoms with E-state index in [1.807, 2.05) is 0 Å². The molecule has 1 aromatic rings. The smallest absolute Gasteiger partial charge is 0.236 e. The molecule has 4 nitrogen and oxygen atoms in total. The van der Waals surface area contributed by atoms with Crippen LogP contribution in [0.25, 0.3) is 0 Å². The van der Waals surface area contributed by atoms with E-state index in [2.05, 4.69) is 5.32 Å². The summed E-state index contributed by atoms with van der Waals surface area (Å²) in [6, 6.07) is 3.88. The zero-order valence-corrected chi connectivity index (χ0v) is 9.29. The van der Waals surface area contributed by atoms with Crippen LogP contribution in [0.1, 0.15) is 12.5 Å². The highest BCUT2D eigenvalue weighted by Crippen LogP contribution is 2.15. The minimum absolute atomic E-state index is 0.121. The molecule has 0 saturated carbocycles. The van der Waals surface area contributed by atoms with Crippen LogP contribution >= 0.6 is 0 Å². The number of carbonyl (C=O) groups is 1. The van der Waals surface area contributed by atoms with Gasteiger partial charge in [0.25, 0.3) is 0 Å². The predicted octanol–water partition coefficient (Wildman–Crippen LogP) is 0.798. The van der Waals surface area contributed by atoms with Gasteiger partial charge in [-0.2, -0.15) is 0 Å². The molecule has 1 atom stereocenters. The molecule has 0 heterocycles. The summed E-state index contributed by atoms with van der Waals surface area (Å²) in [6.45, 7) is 1.69. The molecule has 0 aliphatic heterocycles. The molecule has 0 aliphatic carbocycles. The van der Waals surface area contributed by atoms with E-state index in [0.29, 0.717) is 11.3 Å². The van der Waals surface area contributed by atoms with Gasteiger partial charge in [-0.3, -0.25) is 4.79 Å². The summed E-state index contributed by atoms with van der Waals surface area (Å²) in [5.74, 6) is -0.278. The molecule has 5 heteroatoms. The summed E-state index contributed by atoms with van der Waals surface area (Å²) in [5.41, 5.74) is 5.76. The van der Waals surface area contributed by atoms with E-state index in [4.69, 9.17) is 10.5 Å². The van der Waals surface area contributed by atoms with Crippen LogP contribution in [-0.2, 0) is 11.3 Å². The second-order valence-corrected chi connectivity index (χ2v) is 3.46. The van der Waals surface area contributed by atoms with Crippen LogP contribution in [0, 0.1) is 5.82 Å². The first-order valence-corrected chi connectivity index (χ1v) is 4.90. The van der Waals surface area contributed by atoms with E-state index < -0.39 is 11.9 Å². The first-order valence-electron chi connectivity index (χ1n) is 4.90. The maximum atomic E-state index is 13.4. The lowest BCUT2D eigenvalue weighted by atomic mass is 10.2. The molecule has 0 spiro atoms. The molecule has 0 aliphatic rings. The van der Waals surface area contributed by atoms with Gasteiger partial charge >= 0.3 is 0 Å². The third kappa shape index (κ3) is 3.20. The highest BCUT2D eigenvalue weighted by Gasteiger charge is 2.09. The van der Waals surface area contributed by atoms with Crippen LogP contribution in [-0.4, -0.2) is 19.1 Å². The third-order valence-corrected chi connectivity index (χ3v) is 2.13. The first-order chi connectivity index (χ1) is 7.54. The van der Waals surface area contributed by atoms with E-state index in [-0.39, 0.29) is 12.5 Å². The van der Waals surface area contributed by atoms with Gasteiger partial charge < -0.3 is 15.8 Å². The van der Waals surface area contributed by atoms with Crippen molar-refractivity contribution in [2.45, 2.75) is 19.5 Å². The monoisotopic (exact) mass is 226 g/mol. The van der Waals surface area contributed by atoms with Crippen molar-refractivity contribution in [3.8, 4) is 5.75 Å². The van der Waals surface area contributed by atoms with Gasteiger partial charge in [0, 0.05) is 18.2 Å². The zero-order chi connectivity index (χ0) is 12.1. The molecule has 3 N–H and O–H groups in total. The molecule has 1 aromatic carbocycles. The lowest BCUT2D eigenvalue weighted by molar-refractivity contribution is -0.122. The highest BCUT2D eigenvalue weighted by atomic mass is 19.1. The molecule has 0 fully saturated rings. The Morgan fingerprint density at radius 1 is 1.62 bits per heavy atom. The summed E-state index contributed by atoms with van der Waals surface area (Å²) >= 11 is 0. The normalized spacial score (nSPS) is 12.0. The number of nitrogens with one attached hydrogen (secondary N) is 1. The van der Waals surface area contributed by atoms with Crippen molar-refractivity contribution in [1.82, 2.24) is 5.32 Å². The van der Waals surface area contributed by atoms with E-state index in [1.54, 1.807) is 19.1 Å². The SMILES string of the molecule is COc1ccc(CNC(=O)[C@@H](C)N)c(F)c1. The van der Waals surface area contributed by atoms with Crippen LogP contribution in [0.3, 0.4) is 0 Å². The van der Waals surface area contributed by atoms with Crippen LogP contribution in [0.15, 0.2) is 18.2 Å². The van der Waals surface area contributed by atoms with E-state index in [0.717, 1.165) is 0 Å². The number of halogens is 1. The van der Waals surface area contributed by atoms with Crippen LogP contribution < -0.4 is 15.8 Å². The Labute approximate surface area is 93.6 Å². The quantitative estimate of drug-likeness (QED) is 0.798. The fourth-order valence-corrected chi connectivity index (χ4v) is 1.14. The summed E-state index contributed by atoms with van der Waals surface area (Å²) < 4.78 is 18.3. The minimum Gasteiger partial charge on any atom is -0.497 e. The lowest BCUT2D eigenvalue weighted by Gasteiger charge is -2.09. The van der Waals surface area contributed by atoms with Crippen molar-refractivity contribution in [1.29, 1.82) is 0 Å². The van der Waals surface area contributed by atoms with Gasteiger partial charge in [0.1, 0.15) is 11.6 Å². The third-order valence-electron chi connectivity index (χ3n) is 2.13. The standard InChI is InChI=1S/C11H15FN2O2/c1-7(13)11(15)14-6-8-3-4-9(16-2)5-10(8)12/h3-5,7H,6,13H2,1-2H3,(H,14,15)/t7-/m1/s1. The Balaban J connectivity index is 2.64. The number of methoxy groups -OCH3 is 1. The molecule has 0 unspecified atom stereocenters. The number of ether oxygens (including phenoxy) is 1. The van der Waals surface area contributed by atoms with Gasteiger partial charge in [-0.15, -0.1) is 0 Å². The van der Waals surface area contributed by atoms with Gasteiger partial charge in [0.2, 0.25) is 5.91 Å². The highest BCUT2D eigenvalue weighted by molar-refractivity contribution is 5.80. The molecule has 1 amide bonds. The summed E-state index contributed by atoms with van der Waals surface area (Å²) in [5, 5.41) is 2.53. The van der Waals surface area contributed by atoms with Crippen molar-refractivity contribution in [2.75, 3.05) is 7.11 Å². The van der Waals surface area contributed by atoms with Gasteiger partial charge in [-0.05, 0) is 13.0 Å². The topological polar surface area (TPSA) is 64.3 Å². The fraction of sp³-hybridized carbons (Fsp3) is 0.364. The summed E-state index contributed by atoms with van der Waals surface area (Å²) in [7, 11) is 1.46. The largest absolute Gasteiger partial charge is 0.497 e. The number of benzene rings is 1. The van der Waals surface area contributed by atoms with Crippen molar-refractivity contribution >= 4 is 5.91 Å². The Kier molecular flexibility index (Phi) is 4.25. The number of hydrogen-bond donors (Lipinski definition) is 2. The average Bonchev–Trinajstić information content (AvgIpc) is 2.26. The number of rotatable bonds is 4. The van der Waals surface area contributed by atoms with Crippen molar-refractivity contribution in [3.05, 3.63) is 29.6 Å². The van der Waals surface area contributed by atoms with E-state index in [1.165, 1.54) is 13.2 Å². The number of amides is 1. The van der Waals surface area contributed by atoms with Crippen LogP contribution in [0.5, 0.6) is 5.75 Å². The first kappa shape index (κ1) is 12.4. The molecular weight excluding hydrogens is 211 g/mol. The summed E-state index contributed by atoms with van der Waals surface area (Å²) in [4.78, 5) is 11.2. The number of hydrogen-bond acceptors (Lipinski definition) is 3. The Bertz CT molecular complexity index is 380. The Morgan fingerprint density at radius 3 is 2.81 bits per heavy atom. The Hall–Kier alpha value is -1.62. The number of carbonyl (C=O) groups excluding carboxylic acids is 1. The molecule has 0 radical (unpaired) electrons. The second-order valence-electron chi connectivity index (χ2n) is 3.46. The van der Waals surface area contributed by atoms with Crippen molar-refractivity contribution < 1.29 is 13.9 Å². The molecule has 88 valence electrons. The molecule has 16 heavy (non-hydrogen) atoms. The lowest BCUT2D eigenvalue weighted by Crippen LogP contribution is -2.37. The number of nitrogens with two attached hydrogens (primary N) is 1. The van der Waals surface area contributed by atoms with Gasteiger partial charge in [-0.1, -0.05) is 6.07 Å². The van der Waals surface area contributed by atoms with Gasteiger partial charge in [0.05, 0.1) is 13.2 Å². The minimum atomic E-state index is -0.596. The molecular formula is C11H15FN2O2. The predicted molar refractivity (Wildman–Crippen MR) is 58.4 cm³/mol. The molecule has 0 aromatic heterocycles. The van der Waals surface area contributed by atoms with Crippen LogP contribution in [0.4, 0.5) is 4.39 Å². The molecule has 0 saturated heterocycles. The maximum absolute atomic E-state index is 13.4. The molecule has 0 bridgehead atoms. The second kappa shape index (κ2) is 5.46.